The van der Waals surface area contributed by atoms with Crippen LogP contribution in [0.1, 0.15) is 56.3 Å². The first-order chi connectivity index (χ1) is 14.3. The van der Waals surface area contributed by atoms with Crippen LogP contribution < -0.4 is 10.6 Å². The van der Waals surface area contributed by atoms with Crippen molar-refractivity contribution in [3.8, 4) is 5.69 Å². The Balaban J connectivity index is 1.72. The Hall–Kier alpha value is -3.09. The highest BCUT2D eigenvalue weighted by Crippen LogP contribution is 2.22. The van der Waals surface area contributed by atoms with E-state index in [0.717, 1.165) is 40.9 Å². The minimum Gasteiger partial charge on any atom is -0.443 e. The van der Waals surface area contributed by atoms with Crippen molar-refractivity contribution < 1.29 is 4.42 Å². The summed E-state index contributed by atoms with van der Waals surface area (Å²) >= 11 is 0. The monoisotopic (exact) mass is 408 g/mol. The predicted octanol–water partition coefficient (Wildman–Crippen LogP) is 4.03. The molecule has 2 aromatic heterocycles. The van der Waals surface area contributed by atoms with Gasteiger partial charge < -0.3 is 15.1 Å². The molecule has 2 N–H and O–H groups in total. The zero-order chi connectivity index (χ0) is 21.7. The van der Waals surface area contributed by atoms with Crippen LogP contribution in [0, 0.1) is 13.8 Å². The molecule has 0 saturated carbocycles. The largest absolute Gasteiger partial charge is 0.443 e. The second kappa shape index (κ2) is 9.15. The normalized spacial score (nSPS) is 12.3. The summed E-state index contributed by atoms with van der Waals surface area (Å²) in [6.07, 6.45) is 1.80. The molecule has 0 saturated heterocycles. The summed E-state index contributed by atoms with van der Waals surface area (Å²) in [7, 11) is 0. The van der Waals surface area contributed by atoms with Crippen molar-refractivity contribution in [1.29, 1.82) is 0 Å². The minimum absolute atomic E-state index is 0.0577. The van der Waals surface area contributed by atoms with Crippen LogP contribution in [0.25, 0.3) is 5.69 Å². The van der Waals surface area contributed by atoms with Gasteiger partial charge in [0, 0.05) is 23.2 Å². The van der Waals surface area contributed by atoms with Crippen LogP contribution >= 0.6 is 0 Å². The van der Waals surface area contributed by atoms with Crippen molar-refractivity contribution in [1.82, 2.24) is 25.4 Å². The molecule has 3 rings (SSSR count). The highest BCUT2D eigenvalue weighted by molar-refractivity contribution is 5.79. The molecule has 160 valence electrons. The summed E-state index contributed by atoms with van der Waals surface area (Å²) in [6, 6.07) is 10.2. The number of para-hydroxylation sites is 1. The van der Waals surface area contributed by atoms with Crippen molar-refractivity contribution in [2.75, 3.05) is 6.54 Å². The number of aromatic nitrogens is 3. The number of oxazole rings is 1. The lowest BCUT2D eigenvalue weighted by atomic mass is 9.94. The van der Waals surface area contributed by atoms with Gasteiger partial charge in [0.25, 0.3) is 0 Å². The highest BCUT2D eigenvalue weighted by atomic mass is 16.4. The quantitative estimate of drug-likeness (QED) is 0.475. The fourth-order valence-corrected chi connectivity index (χ4v) is 3.12. The molecule has 30 heavy (non-hydrogen) atoms. The average molecular weight is 409 g/mol. The molecule has 0 amide bonds. The Morgan fingerprint density at radius 3 is 2.50 bits per heavy atom. The third-order valence-corrected chi connectivity index (χ3v) is 4.88. The number of aliphatic imine (C=N–C) groups is 1. The molecule has 0 bridgehead atoms. The zero-order valence-corrected chi connectivity index (χ0v) is 18.8. The Morgan fingerprint density at radius 2 is 1.87 bits per heavy atom. The van der Waals surface area contributed by atoms with Crippen LogP contribution in [0.5, 0.6) is 0 Å². The first-order valence-electron chi connectivity index (χ1n) is 10.4. The summed E-state index contributed by atoms with van der Waals surface area (Å²) < 4.78 is 7.83. The molecule has 1 aromatic carbocycles. The lowest BCUT2D eigenvalue weighted by Crippen LogP contribution is -2.36. The van der Waals surface area contributed by atoms with Crippen LogP contribution in [0.2, 0.25) is 0 Å². The molecule has 0 spiro atoms. The number of guanidine groups is 1. The molecule has 7 nitrogen and oxygen atoms in total. The van der Waals surface area contributed by atoms with Crippen LogP contribution in [0.4, 0.5) is 0 Å². The van der Waals surface area contributed by atoms with E-state index >= 15 is 0 Å². The molecule has 0 unspecified atom stereocenters. The molecule has 0 atom stereocenters. The minimum atomic E-state index is -0.0577. The molecule has 0 aliphatic rings. The SMILES string of the molecule is CCNC(=NCc1c(C)nn(-c2ccccc2)c1C)NCc1ncc(C(C)(C)C)o1. The van der Waals surface area contributed by atoms with E-state index in [1.807, 2.05) is 36.7 Å². The van der Waals surface area contributed by atoms with E-state index < -0.39 is 0 Å². The van der Waals surface area contributed by atoms with Crippen molar-refractivity contribution in [3.63, 3.8) is 0 Å². The summed E-state index contributed by atoms with van der Waals surface area (Å²) in [5.74, 6) is 2.25. The van der Waals surface area contributed by atoms with Crippen molar-refractivity contribution >= 4 is 5.96 Å². The fraction of sp³-hybridized carbons (Fsp3) is 0.435. The first kappa shape index (κ1) is 21.6. The van der Waals surface area contributed by atoms with Gasteiger partial charge in [0.15, 0.2) is 5.96 Å². The smallest absolute Gasteiger partial charge is 0.213 e. The highest BCUT2D eigenvalue weighted by Gasteiger charge is 2.19. The van der Waals surface area contributed by atoms with Gasteiger partial charge in [-0.15, -0.1) is 0 Å². The van der Waals surface area contributed by atoms with E-state index in [0.29, 0.717) is 19.0 Å². The van der Waals surface area contributed by atoms with Gasteiger partial charge in [0.2, 0.25) is 5.89 Å². The van der Waals surface area contributed by atoms with E-state index in [-0.39, 0.29) is 5.41 Å². The molecule has 0 fully saturated rings. The second-order valence-corrected chi connectivity index (χ2v) is 8.31. The fourth-order valence-electron chi connectivity index (χ4n) is 3.12. The third kappa shape index (κ3) is 5.09. The maximum Gasteiger partial charge on any atom is 0.213 e. The van der Waals surface area contributed by atoms with E-state index in [9.17, 15) is 0 Å². The molecular weight excluding hydrogens is 376 g/mol. The maximum atomic E-state index is 5.86. The van der Waals surface area contributed by atoms with E-state index in [4.69, 9.17) is 14.5 Å². The van der Waals surface area contributed by atoms with E-state index in [2.05, 4.69) is 55.4 Å². The number of nitrogens with zero attached hydrogens (tertiary/aromatic N) is 4. The summed E-state index contributed by atoms with van der Waals surface area (Å²) in [6.45, 7) is 14.3. The molecular formula is C23H32N6O. The molecule has 7 heteroatoms. The van der Waals surface area contributed by atoms with Gasteiger partial charge in [-0.25, -0.2) is 14.7 Å². The number of benzene rings is 1. The second-order valence-electron chi connectivity index (χ2n) is 8.31. The van der Waals surface area contributed by atoms with Gasteiger partial charge in [0.1, 0.15) is 5.76 Å². The molecule has 0 aliphatic heterocycles. The zero-order valence-electron chi connectivity index (χ0n) is 18.8. The summed E-state index contributed by atoms with van der Waals surface area (Å²) in [4.78, 5) is 9.13. The van der Waals surface area contributed by atoms with Crippen LogP contribution in [0.15, 0.2) is 45.9 Å². The molecule has 0 aliphatic carbocycles. The Morgan fingerprint density at radius 1 is 1.13 bits per heavy atom. The van der Waals surface area contributed by atoms with E-state index in [1.165, 1.54) is 0 Å². The maximum absolute atomic E-state index is 5.86. The number of hydrogen-bond donors (Lipinski definition) is 2. The van der Waals surface area contributed by atoms with Crippen LogP contribution in [0.3, 0.4) is 0 Å². The van der Waals surface area contributed by atoms with Gasteiger partial charge >= 0.3 is 0 Å². The lowest BCUT2D eigenvalue weighted by Gasteiger charge is -2.13. The Kier molecular flexibility index (Phi) is 6.59. The van der Waals surface area contributed by atoms with Crippen LogP contribution in [-0.2, 0) is 18.5 Å². The number of rotatable bonds is 6. The average Bonchev–Trinajstić information content (AvgIpc) is 3.30. The van der Waals surface area contributed by atoms with Gasteiger partial charge in [0.05, 0.1) is 30.7 Å². The van der Waals surface area contributed by atoms with Gasteiger partial charge in [-0.1, -0.05) is 39.0 Å². The van der Waals surface area contributed by atoms with Crippen LogP contribution in [-0.4, -0.2) is 27.3 Å². The number of aryl methyl sites for hydroxylation is 1. The Bertz CT molecular complexity index is 995. The topological polar surface area (TPSA) is 80.3 Å². The summed E-state index contributed by atoms with van der Waals surface area (Å²) in [5.41, 5.74) is 4.20. The van der Waals surface area contributed by atoms with Crippen molar-refractivity contribution in [2.24, 2.45) is 4.99 Å². The van der Waals surface area contributed by atoms with Gasteiger partial charge in [-0.3, -0.25) is 0 Å². The molecule has 2 heterocycles. The summed E-state index contributed by atoms with van der Waals surface area (Å²) in [5, 5.41) is 11.3. The standard InChI is InChI=1S/C23H32N6O/c1-7-24-22(27-15-21-25-14-20(30-21)23(4,5)6)26-13-19-16(2)28-29(17(19)3)18-11-9-8-10-12-18/h8-12,14H,7,13,15H2,1-6H3,(H2,24,26,27). The van der Waals surface area contributed by atoms with Crippen molar-refractivity contribution in [3.05, 3.63) is 65.1 Å². The molecule has 0 radical (unpaired) electrons. The third-order valence-electron chi connectivity index (χ3n) is 4.88. The van der Waals surface area contributed by atoms with Gasteiger partial charge in [-0.2, -0.15) is 5.10 Å². The number of nitrogens with one attached hydrogen (secondary N) is 2. The van der Waals surface area contributed by atoms with E-state index in [1.54, 1.807) is 6.20 Å². The van der Waals surface area contributed by atoms with Crippen molar-refractivity contribution in [2.45, 2.75) is 60.0 Å². The Labute approximate surface area is 178 Å². The molecule has 3 aromatic rings. The predicted molar refractivity (Wildman–Crippen MR) is 120 cm³/mol. The lowest BCUT2D eigenvalue weighted by molar-refractivity contribution is 0.379. The van der Waals surface area contributed by atoms with Gasteiger partial charge in [-0.05, 0) is 32.9 Å². The first-order valence-corrected chi connectivity index (χ1v) is 10.4. The number of hydrogen-bond acceptors (Lipinski definition) is 4.